The van der Waals surface area contributed by atoms with Crippen molar-refractivity contribution < 1.29 is 0 Å². The minimum atomic E-state index is 1.23. The fraction of sp³-hybridized carbons (Fsp3) is 0.0182. The van der Waals surface area contributed by atoms with E-state index in [-0.39, 0.29) is 0 Å². The molecule has 0 bridgehead atoms. The van der Waals surface area contributed by atoms with Gasteiger partial charge in [-0.1, -0.05) is 352 Å². The lowest BCUT2D eigenvalue weighted by Gasteiger charge is -2.17. The highest BCUT2D eigenvalue weighted by molar-refractivity contribution is 7.27. The number of fused-ring (bicyclic) bond motifs is 18. The Bertz CT molecular complexity index is 7730. The summed E-state index contributed by atoms with van der Waals surface area (Å²) in [5.74, 6) is 0. The van der Waals surface area contributed by atoms with Gasteiger partial charge in [-0.15, -0.1) is 34.0 Å². The summed E-state index contributed by atoms with van der Waals surface area (Å²) >= 11 is 5.68. The topological polar surface area (TPSA) is 0 Å². The molecule has 0 radical (unpaired) electrons. The van der Waals surface area contributed by atoms with Crippen LogP contribution in [0, 0.1) is 13.8 Å². The van der Waals surface area contributed by atoms with Crippen molar-refractivity contribution in [2.24, 2.45) is 0 Å². The molecule has 23 rings (SSSR count). The van der Waals surface area contributed by atoms with Crippen LogP contribution in [0.1, 0.15) is 11.1 Å². The van der Waals surface area contributed by atoms with Crippen molar-refractivity contribution >= 4 is 159 Å². The van der Waals surface area contributed by atoms with E-state index in [4.69, 9.17) is 0 Å². The smallest absolute Gasteiger partial charge is 0.0434 e. The molecule has 0 amide bonds. The minimum Gasteiger partial charge on any atom is -0.135 e. The molecular weight excluding hydrogens is 1420 g/mol. The van der Waals surface area contributed by atoms with E-state index in [0.29, 0.717) is 0 Å². The molecule has 0 spiro atoms. The van der Waals surface area contributed by atoms with Crippen molar-refractivity contribution in [1.29, 1.82) is 0 Å². The Morgan fingerprint density at radius 1 is 0.142 bits per heavy atom. The summed E-state index contributed by atoms with van der Waals surface area (Å²) in [6.45, 7) is 4.51. The summed E-state index contributed by atoms with van der Waals surface area (Å²) in [5.41, 5.74) is 23.1. The van der Waals surface area contributed by atoms with Gasteiger partial charge >= 0.3 is 0 Å². The van der Waals surface area contributed by atoms with Gasteiger partial charge in [-0.25, -0.2) is 0 Å². The first kappa shape index (κ1) is 67.7. The maximum absolute atomic E-state index is 2.40. The van der Waals surface area contributed by atoms with Gasteiger partial charge in [0, 0.05) is 66.1 Å². The van der Waals surface area contributed by atoms with Crippen molar-refractivity contribution in [3.8, 4) is 89.0 Å². The van der Waals surface area contributed by atoms with Gasteiger partial charge in [0.25, 0.3) is 0 Å². The lowest BCUT2D eigenvalue weighted by molar-refractivity contribution is 1.40. The van der Waals surface area contributed by atoms with Crippen molar-refractivity contribution in [1.82, 2.24) is 0 Å². The molecule has 0 unspecified atom stereocenters. The van der Waals surface area contributed by atoms with Crippen LogP contribution in [-0.4, -0.2) is 0 Å². The number of rotatable bonds is 8. The Morgan fingerprint density at radius 3 is 0.814 bits per heavy atom. The van der Waals surface area contributed by atoms with Crippen molar-refractivity contribution in [2.75, 3.05) is 0 Å². The molecule has 0 N–H and O–H groups in total. The molecule has 23 aromatic rings. The maximum atomic E-state index is 2.40. The highest BCUT2D eigenvalue weighted by atomic mass is 32.1. The van der Waals surface area contributed by atoms with Crippen LogP contribution in [0.25, 0.3) is 214 Å². The fourth-order valence-corrected chi connectivity index (χ4v) is 21.5. The minimum absolute atomic E-state index is 1.23. The molecule has 3 heterocycles. The van der Waals surface area contributed by atoms with E-state index in [9.17, 15) is 0 Å². The molecule has 0 fully saturated rings. The summed E-state index contributed by atoms with van der Waals surface area (Å²) in [6, 6.07) is 147. The lowest BCUT2D eigenvalue weighted by Crippen LogP contribution is -1.92. The molecule has 3 aromatic heterocycles. The molecule has 0 aliphatic heterocycles. The standard InChI is InChI=1S/2C38H24S.C34H24S/c1-2-13-26-25(12-1)24-36(31-18-7-3-14-27(26)31)32-19-8-5-16-29(32)28-15-4-6-17-30(28)34-21-11-22-35-33-20-9-10-23-37(33)39-38(34)35;1-2-15-30-29(10-1)24-36(33-17-4-3-16-32(30)33)28-14-8-12-26(23-28)25-11-7-13-27(22-25)31-19-9-20-35-34-18-5-6-21-37(34)39-38(31)35;1-21-19-31(32-20-23-10-3-4-11-24(23)25-12-5-6-13-26(25)32)22(2)18-30(21)29-16-9-15-28-27-14-7-8-17-33(27)35-34(28)29/h2*1-24H;3-20H,1-2H3. The average molecular weight is 1490 g/mol. The van der Waals surface area contributed by atoms with Crippen LogP contribution in [0.4, 0.5) is 0 Å². The van der Waals surface area contributed by atoms with E-state index < -0.39 is 0 Å². The van der Waals surface area contributed by atoms with Gasteiger partial charge in [0.2, 0.25) is 0 Å². The Morgan fingerprint density at radius 2 is 0.389 bits per heavy atom. The van der Waals surface area contributed by atoms with E-state index in [2.05, 4.69) is 414 Å². The van der Waals surface area contributed by atoms with Crippen LogP contribution in [0.2, 0.25) is 0 Å². The van der Waals surface area contributed by atoms with Gasteiger partial charge < -0.3 is 0 Å². The van der Waals surface area contributed by atoms with Gasteiger partial charge in [-0.2, -0.15) is 0 Å². The molecule has 113 heavy (non-hydrogen) atoms. The van der Waals surface area contributed by atoms with Crippen molar-refractivity contribution in [3.05, 3.63) is 412 Å². The molecular formula is C110H72S3. The van der Waals surface area contributed by atoms with Crippen LogP contribution < -0.4 is 0 Å². The Labute approximate surface area is 668 Å². The van der Waals surface area contributed by atoms with Crippen LogP contribution in [0.15, 0.2) is 400 Å². The Kier molecular flexibility index (Phi) is 17.1. The van der Waals surface area contributed by atoms with E-state index in [0.717, 1.165) is 0 Å². The first-order chi connectivity index (χ1) is 55.9. The van der Waals surface area contributed by atoms with E-state index in [1.165, 1.54) is 225 Å². The zero-order chi connectivity index (χ0) is 75.0. The maximum Gasteiger partial charge on any atom is 0.0434 e. The molecule has 0 atom stereocenters. The number of thiophene rings is 3. The molecule has 530 valence electrons. The zero-order valence-electron chi connectivity index (χ0n) is 62.3. The zero-order valence-corrected chi connectivity index (χ0v) is 64.8. The number of aryl methyl sites for hydroxylation is 2. The first-order valence-electron chi connectivity index (χ1n) is 38.8. The van der Waals surface area contributed by atoms with Crippen molar-refractivity contribution in [2.45, 2.75) is 13.8 Å². The lowest BCUT2D eigenvalue weighted by atomic mass is 9.86. The van der Waals surface area contributed by atoms with Gasteiger partial charge in [-0.05, 0) is 222 Å². The molecule has 0 saturated heterocycles. The quantitative estimate of drug-likeness (QED) is 0.133. The highest BCUT2D eigenvalue weighted by Crippen LogP contribution is 2.49. The summed E-state index contributed by atoms with van der Waals surface area (Å²) in [7, 11) is 0. The van der Waals surface area contributed by atoms with Gasteiger partial charge in [0.05, 0.1) is 0 Å². The molecule has 3 heteroatoms. The molecule has 0 aliphatic carbocycles. The fourth-order valence-electron chi connectivity index (χ4n) is 17.8. The van der Waals surface area contributed by atoms with Crippen molar-refractivity contribution in [3.63, 3.8) is 0 Å². The number of hydrogen-bond donors (Lipinski definition) is 0. The number of hydrogen-bond acceptors (Lipinski definition) is 3. The van der Waals surface area contributed by atoms with Gasteiger partial charge in [0.1, 0.15) is 0 Å². The average Bonchev–Trinajstić information content (AvgIpc) is 0.792. The van der Waals surface area contributed by atoms with E-state index in [1.807, 2.05) is 34.0 Å². The third-order valence-electron chi connectivity index (χ3n) is 23.1. The largest absolute Gasteiger partial charge is 0.135 e. The summed E-state index contributed by atoms with van der Waals surface area (Å²) < 4.78 is 8.10. The first-order valence-corrected chi connectivity index (χ1v) is 41.3. The predicted octanol–water partition coefficient (Wildman–Crippen LogP) is 33.0. The normalized spacial score (nSPS) is 11.6. The molecule has 0 aliphatic rings. The second-order valence-corrected chi connectivity index (χ2v) is 32.8. The summed E-state index contributed by atoms with van der Waals surface area (Å²) in [4.78, 5) is 0. The monoisotopic (exact) mass is 1490 g/mol. The number of benzene rings is 20. The second-order valence-electron chi connectivity index (χ2n) is 29.6. The van der Waals surface area contributed by atoms with E-state index in [1.54, 1.807) is 0 Å². The SMILES string of the molecule is Cc1cc(-c2cccc3c2sc2ccccc23)c(C)cc1-c1cc2ccccc2c2ccccc12.c1cc(-c2cccc(-c3cccc4c3sc3ccccc34)c2)cc(-c2cc3ccccc3c3ccccc23)c1.c1ccc(-c2cc3ccccc3c3ccccc23)c(-c2ccccc2-c2cccc3c2sc2ccccc23)c1. The van der Waals surface area contributed by atoms with Gasteiger partial charge in [-0.3, -0.25) is 0 Å². The van der Waals surface area contributed by atoms with E-state index >= 15 is 0 Å². The third-order valence-corrected chi connectivity index (χ3v) is 26.7. The Hall–Kier alpha value is -13.4. The second kappa shape index (κ2) is 28.5. The predicted molar refractivity (Wildman–Crippen MR) is 496 cm³/mol. The highest BCUT2D eigenvalue weighted by Gasteiger charge is 2.21. The summed E-state index contributed by atoms with van der Waals surface area (Å²) in [6.07, 6.45) is 0. The third kappa shape index (κ3) is 11.9. The van der Waals surface area contributed by atoms with Gasteiger partial charge in [0.15, 0.2) is 0 Å². The van der Waals surface area contributed by atoms with Crippen LogP contribution in [0.3, 0.4) is 0 Å². The summed E-state index contributed by atoms with van der Waals surface area (Å²) in [5, 5.41) is 23.6. The van der Waals surface area contributed by atoms with Crippen LogP contribution >= 0.6 is 34.0 Å². The molecule has 20 aromatic carbocycles. The molecule has 0 saturated carbocycles. The van der Waals surface area contributed by atoms with Crippen LogP contribution in [0.5, 0.6) is 0 Å². The molecule has 0 nitrogen and oxygen atoms in total. The van der Waals surface area contributed by atoms with Crippen LogP contribution in [-0.2, 0) is 0 Å². The Balaban J connectivity index is 0.000000107.